The molecule has 0 atom stereocenters. The quantitative estimate of drug-likeness (QED) is 0.845. The number of anilines is 1. The normalized spacial score (nSPS) is 20.6. The maximum absolute atomic E-state index is 12.6. The van der Waals surface area contributed by atoms with Crippen LogP contribution in [0.25, 0.3) is 0 Å². The van der Waals surface area contributed by atoms with Crippen molar-refractivity contribution in [2.24, 2.45) is 0 Å². The average molecular weight is 335 g/mol. The Morgan fingerprint density at radius 1 is 1.35 bits per heavy atom. The summed E-state index contributed by atoms with van der Waals surface area (Å²) < 4.78 is 26.9. The van der Waals surface area contributed by atoms with Gasteiger partial charge in [0.1, 0.15) is 0 Å². The second-order valence-corrected chi connectivity index (χ2v) is 9.59. The molecular formula is C13H19ClN2O2S2. The molecule has 1 aliphatic heterocycles. The van der Waals surface area contributed by atoms with Gasteiger partial charge in [0.15, 0.2) is 0 Å². The molecule has 0 bridgehead atoms. The maximum atomic E-state index is 12.6. The molecule has 1 aromatic rings. The minimum Gasteiger partial charge on any atom is -0.397 e. The Morgan fingerprint density at radius 2 is 2.05 bits per heavy atom. The van der Waals surface area contributed by atoms with Crippen molar-refractivity contribution in [2.75, 3.05) is 24.6 Å². The molecule has 1 heterocycles. The van der Waals surface area contributed by atoms with Crippen LogP contribution in [0.3, 0.4) is 0 Å². The van der Waals surface area contributed by atoms with Gasteiger partial charge in [0.05, 0.1) is 15.6 Å². The van der Waals surface area contributed by atoms with Crippen molar-refractivity contribution in [3.63, 3.8) is 0 Å². The molecule has 1 fully saturated rings. The lowest BCUT2D eigenvalue weighted by molar-refractivity contribution is 0.415. The van der Waals surface area contributed by atoms with Gasteiger partial charge in [-0.2, -0.15) is 16.1 Å². The van der Waals surface area contributed by atoms with Crippen molar-refractivity contribution >= 4 is 39.1 Å². The van der Waals surface area contributed by atoms with Crippen LogP contribution in [0.2, 0.25) is 5.02 Å². The van der Waals surface area contributed by atoms with E-state index in [9.17, 15) is 8.42 Å². The van der Waals surface area contributed by atoms with Crippen LogP contribution in [0.1, 0.15) is 20.3 Å². The summed E-state index contributed by atoms with van der Waals surface area (Å²) in [6.07, 6.45) is 0.833. The van der Waals surface area contributed by atoms with Crippen molar-refractivity contribution in [3.05, 3.63) is 23.2 Å². The zero-order valence-corrected chi connectivity index (χ0v) is 14.0. The number of nitrogens with two attached hydrogens (primary N) is 1. The minimum atomic E-state index is -3.49. The van der Waals surface area contributed by atoms with Gasteiger partial charge in [-0.25, -0.2) is 8.42 Å². The summed E-state index contributed by atoms with van der Waals surface area (Å²) in [4.78, 5) is 0.212. The number of hydrogen-bond acceptors (Lipinski definition) is 4. The van der Waals surface area contributed by atoms with Crippen molar-refractivity contribution in [2.45, 2.75) is 29.9 Å². The van der Waals surface area contributed by atoms with E-state index in [4.69, 9.17) is 17.3 Å². The monoisotopic (exact) mass is 334 g/mol. The van der Waals surface area contributed by atoms with Crippen molar-refractivity contribution in [1.82, 2.24) is 4.31 Å². The summed E-state index contributed by atoms with van der Waals surface area (Å²) in [6.45, 7) is 5.35. The van der Waals surface area contributed by atoms with E-state index in [0.717, 1.165) is 12.2 Å². The largest absolute Gasteiger partial charge is 0.397 e. The highest BCUT2D eigenvalue weighted by Crippen LogP contribution is 2.33. The number of thioether (sulfide) groups is 1. The van der Waals surface area contributed by atoms with Crippen LogP contribution in [0.15, 0.2) is 23.1 Å². The Kier molecular flexibility index (Phi) is 4.59. The summed E-state index contributed by atoms with van der Waals surface area (Å²) in [5, 5.41) is 0.372. The number of sulfonamides is 1. The molecule has 7 heteroatoms. The predicted molar refractivity (Wildman–Crippen MR) is 85.8 cm³/mol. The summed E-state index contributed by atoms with van der Waals surface area (Å²) >= 11 is 7.65. The van der Waals surface area contributed by atoms with Gasteiger partial charge in [-0.15, -0.1) is 0 Å². The SMILES string of the molecule is CC1(C)CCN(S(=O)(=O)c2ccc(Cl)c(N)c2)CCS1. The smallest absolute Gasteiger partial charge is 0.243 e. The number of benzene rings is 1. The summed E-state index contributed by atoms with van der Waals surface area (Å²) in [5.74, 6) is 0.801. The maximum Gasteiger partial charge on any atom is 0.243 e. The number of hydrogen-bond donors (Lipinski definition) is 1. The van der Waals surface area contributed by atoms with Crippen LogP contribution in [0, 0.1) is 0 Å². The van der Waals surface area contributed by atoms with E-state index in [-0.39, 0.29) is 15.3 Å². The number of nitrogens with zero attached hydrogens (tertiary/aromatic N) is 1. The number of rotatable bonds is 2. The van der Waals surface area contributed by atoms with E-state index < -0.39 is 10.0 Å². The Balaban J connectivity index is 2.28. The van der Waals surface area contributed by atoms with Crippen LogP contribution >= 0.6 is 23.4 Å². The fourth-order valence-electron chi connectivity index (χ4n) is 2.07. The fraction of sp³-hybridized carbons (Fsp3) is 0.538. The van der Waals surface area contributed by atoms with Crippen LogP contribution in [-0.2, 0) is 10.0 Å². The lowest BCUT2D eigenvalue weighted by Gasteiger charge is -2.22. The molecule has 0 amide bonds. The predicted octanol–water partition coefficient (Wildman–Crippen LogP) is 2.83. The first-order valence-corrected chi connectivity index (χ1v) is 9.22. The van der Waals surface area contributed by atoms with Gasteiger partial charge in [0.25, 0.3) is 0 Å². The van der Waals surface area contributed by atoms with Gasteiger partial charge in [0.2, 0.25) is 10.0 Å². The van der Waals surface area contributed by atoms with Gasteiger partial charge in [0, 0.05) is 23.6 Å². The second-order valence-electron chi connectivity index (χ2n) is 5.45. The molecule has 0 aromatic heterocycles. The molecule has 0 saturated carbocycles. The average Bonchev–Trinajstić information content (AvgIpc) is 2.54. The highest BCUT2D eigenvalue weighted by molar-refractivity contribution is 8.00. The second kappa shape index (κ2) is 5.75. The molecule has 0 spiro atoms. The molecule has 4 nitrogen and oxygen atoms in total. The van der Waals surface area contributed by atoms with Crippen molar-refractivity contribution < 1.29 is 8.42 Å². The first-order chi connectivity index (χ1) is 9.22. The molecule has 0 radical (unpaired) electrons. The zero-order valence-electron chi connectivity index (χ0n) is 11.6. The van der Waals surface area contributed by atoms with Gasteiger partial charge < -0.3 is 5.73 Å². The Bertz CT molecular complexity index is 602. The van der Waals surface area contributed by atoms with Crippen LogP contribution in [0.5, 0.6) is 0 Å². The van der Waals surface area contributed by atoms with E-state index >= 15 is 0 Å². The van der Waals surface area contributed by atoms with Crippen LogP contribution in [-0.4, -0.2) is 36.3 Å². The van der Waals surface area contributed by atoms with E-state index in [2.05, 4.69) is 13.8 Å². The van der Waals surface area contributed by atoms with E-state index in [1.165, 1.54) is 22.5 Å². The molecule has 112 valence electrons. The lowest BCUT2D eigenvalue weighted by Crippen LogP contribution is -2.33. The number of halogens is 1. The van der Waals surface area contributed by atoms with Gasteiger partial charge >= 0.3 is 0 Å². The lowest BCUT2D eigenvalue weighted by atomic mass is 10.1. The highest BCUT2D eigenvalue weighted by Gasteiger charge is 2.30. The van der Waals surface area contributed by atoms with Crippen LogP contribution in [0.4, 0.5) is 5.69 Å². The van der Waals surface area contributed by atoms with E-state index in [0.29, 0.717) is 18.1 Å². The third-order valence-corrected chi connectivity index (χ3v) is 7.01. The Morgan fingerprint density at radius 3 is 2.70 bits per heavy atom. The van der Waals surface area contributed by atoms with E-state index in [1.807, 2.05) is 11.8 Å². The van der Waals surface area contributed by atoms with Gasteiger partial charge in [-0.1, -0.05) is 25.4 Å². The molecule has 1 aromatic carbocycles. The molecular weight excluding hydrogens is 316 g/mol. The van der Waals surface area contributed by atoms with E-state index in [1.54, 1.807) is 0 Å². The molecule has 1 aliphatic rings. The van der Waals surface area contributed by atoms with Crippen molar-refractivity contribution in [3.8, 4) is 0 Å². The Labute approximate surface area is 129 Å². The third-order valence-electron chi connectivity index (χ3n) is 3.40. The minimum absolute atomic E-state index is 0.114. The van der Waals surface area contributed by atoms with Gasteiger partial charge in [-0.05, 0) is 24.6 Å². The number of nitrogen functional groups attached to an aromatic ring is 1. The molecule has 2 rings (SSSR count). The first kappa shape index (κ1) is 15.9. The fourth-order valence-corrected chi connectivity index (χ4v) is 4.88. The Hall–Kier alpha value is -0.430. The standard InChI is InChI=1S/C13H19ClN2O2S2/c1-13(2)5-6-16(7-8-19-13)20(17,18)10-3-4-11(14)12(15)9-10/h3-4,9H,5-8,15H2,1-2H3. The first-order valence-electron chi connectivity index (χ1n) is 6.41. The summed E-state index contributed by atoms with van der Waals surface area (Å²) in [5.41, 5.74) is 5.99. The summed E-state index contributed by atoms with van der Waals surface area (Å²) in [6, 6.07) is 4.47. The molecule has 20 heavy (non-hydrogen) atoms. The third kappa shape index (κ3) is 3.42. The zero-order chi connectivity index (χ0) is 15.0. The van der Waals surface area contributed by atoms with Crippen molar-refractivity contribution in [1.29, 1.82) is 0 Å². The topological polar surface area (TPSA) is 63.4 Å². The molecule has 0 aliphatic carbocycles. The highest BCUT2D eigenvalue weighted by atomic mass is 35.5. The van der Waals surface area contributed by atoms with Gasteiger partial charge in [-0.3, -0.25) is 0 Å². The molecule has 0 unspecified atom stereocenters. The molecule has 1 saturated heterocycles. The molecule has 2 N–H and O–H groups in total. The van der Waals surface area contributed by atoms with Crippen LogP contribution < -0.4 is 5.73 Å². The summed E-state index contributed by atoms with van der Waals surface area (Å²) in [7, 11) is -3.49.